The minimum Gasteiger partial charge on any atom is -0.496 e. The fourth-order valence-electron chi connectivity index (χ4n) is 1.94. The largest absolute Gasteiger partial charge is 0.496 e. The Hall–Kier alpha value is -3.06. The summed E-state index contributed by atoms with van der Waals surface area (Å²) in [6.45, 7) is 0. The summed E-state index contributed by atoms with van der Waals surface area (Å²) < 4.78 is 10.3. The number of rotatable bonds is 5. The summed E-state index contributed by atoms with van der Waals surface area (Å²) in [5.41, 5.74) is 3.08. The molecule has 0 aliphatic heterocycles. The van der Waals surface area contributed by atoms with Crippen molar-refractivity contribution in [2.24, 2.45) is 5.10 Å². The van der Waals surface area contributed by atoms with E-state index in [1.165, 1.54) is 26.5 Å². The number of ether oxygens (including phenoxy) is 2. The zero-order valence-electron chi connectivity index (χ0n) is 13.6. The molecule has 2 N–H and O–H groups in total. The minimum absolute atomic E-state index is 0.281. The molecule has 8 heteroatoms. The van der Waals surface area contributed by atoms with Gasteiger partial charge in [0.2, 0.25) is 0 Å². The number of benzene rings is 2. The Morgan fingerprint density at radius 3 is 2.48 bits per heavy atom. The second-order valence-corrected chi connectivity index (χ2v) is 5.18. The molecular weight excluding hydrogens is 346 g/mol. The molecule has 2 rings (SSSR count). The molecule has 0 saturated carbocycles. The Morgan fingerprint density at radius 1 is 1.04 bits per heavy atom. The lowest BCUT2D eigenvalue weighted by Crippen LogP contribution is -2.32. The van der Waals surface area contributed by atoms with Crippen LogP contribution < -0.4 is 20.2 Å². The van der Waals surface area contributed by atoms with Crippen molar-refractivity contribution in [2.75, 3.05) is 19.5 Å². The van der Waals surface area contributed by atoms with Crippen LogP contribution in [0.25, 0.3) is 0 Å². The van der Waals surface area contributed by atoms with Crippen molar-refractivity contribution in [3.8, 4) is 11.5 Å². The number of amides is 2. The third-order valence-electron chi connectivity index (χ3n) is 3.12. The maximum atomic E-state index is 11.9. The van der Waals surface area contributed by atoms with Gasteiger partial charge in [-0.25, -0.2) is 5.43 Å². The molecule has 2 amide bonds. The summed E-state index contributed by atoms with van der Waals surface area (Å²) in [6.07, 6.45) is 1.38. The van der Waals surface area contributed by atoms with E-state index >= 15 is 0 Å². The fraction of sp³-hybridized carbons (Fsp3) is 0.118. The van der Waals surface area contributed by atoms with Gasteiger partial charge in [0.25, 0.3) is 0 Å². The molecule has 0 aliphatic rings. The number of methoxy groups -OCH3 is 2. The normalized spacial score (nSPS) is 10.4. The Kier molecular flexibility index (Phi) is 6.36. The topological polar surface area (TPSA) is 89.0 Å². The SMILES string of the molecule is COc1ccccc1/C=N\NC(=O)C(=O)Nc1cc(Cl)ccc1OC. The van der Waals surface area contributed by atoms with Gasteiger partial charge < -0.3 is 14.8 Å². The number of carbonyl (C=O) groups excluding carboxylic acids is 2. The summed E-state index contributed by atoms with van der Waals surface area (Å²) in [5.74, 6) is -0.873. The second kappa shape index (κ2) is 8.70. The molecule has 0 bridgehead atoms. The molecule has 0 saturated heterocycles. The highest BCUT2D eigenvalue weighted by Gasteiger charge is 2.15. The van der Waals surface area contributed by atoms with E-state index in [1.54, 1.807) is 36.4 Å². The van der Waals surface area contributed by atoms with Crippen LogP contribution in [0.1, 0.15) is 5.56 Å². The van der Waals surface area contributed by atoms with Gasteiger partial charge in [-0.05, 0) is 30.3 Å². The summed E-state index contributed by atoms with van der Waals surface area (Å²) in [7, 11) is 2.97. The van der Waals surface area contributed by atoms with Crippen LogP contribution in [0.5, 0.6) is 11.5 Å². The Balaban J connectivity index is 2.00. The van der Waals surface area contributed by atoms with Crippen molar-refractivity contribution < 1.29 is 19.1 Å². The molecule has 2 aromatic rings. The zero-order chi connectivity index (χ0) is 18.2. The van der Waals surface area contributed by atoms with Gasteiger partial charge in [0.15, 0.2) is 0 Å². The molecule has 130 valence electrons. The molecule has 0 spiro atoms. The van der Waals surface area contributed by atoms with Crippen LogP contribution in [-0.2, 0) is 9.59 Å². The third-order valence-corrected chi connectivity index (χ3v) is 3.36. The molecule has 0 aromatic heterocycles. The zero-order valence-corrected chi connectivity index (χ0v) is 14.3. The van der Waals surface area contributed by atoms with Gasteiger partial charge in [0.05, 0.1) is 26.1 Å². The Labute approximate surface area is 149 Å². The number of para-hydroxylation sites is 1. The van der Waals surface area contributed by atoms with E-state index in [9.17, 15) is 9.59 Å². The number of nitrogens with zero attached hydrogens (tertiary/aromatic N) is 1. The molecule has 2 aromatic carbocycles. The molecule has 25 heavy (non-hydrogen) atoms. The highest BCUT2D eigenvalue weighted by Crippen LogP contribution is 2.27. The highest BCUT2D eigenvalue weighted by molar-refractivity contribution is 6.40. The highest BCUT2D eigenvalue weighted by atomic mass is 35.5. The molecule has 0 fully saturated rings. The van der Waals surface area contributed by atoms with Crippen LogP contribution in [0.15, 0.2) is 47.6 Å². The first-order valence-corrected chi connectivity index (χ1v) is 7.54. The van der Waals surface area contributed by atoms with Crippen molar-refractivity contribution in [1.29, 1.82) is 0 Å². The molecule has 0 atom stereocenters. The van der Waals surface area contributed by atoms with Crippen LogP contribution in [0, 0.1) is 0 Å². The minimum atomic E-state index is -0.937. The van der Waals surface area contributed by atoms with Crippen LogP contribution in [0.2, 0.25) is 5.02 Å². The number of halogens is 1. The predicted molar refractivity (Wildman–Crippen MR) is 95.4 cm³/mol. The maximum Gasteiger partial charge on any atom is 0.329 e. The van der Waals surface area contributed by atoms with Gasteiger partial charge in [-0.3, -0.25) is 9.59 Å². The maximum absolute atomic E-state index is 11.9. The number of hydrazone groups is 1. The van der Waals surface area contributed by atoms with Crippen LogP contribution in [0.3, 0.4) is 0 Å². The summed E-state index contributed by atoms with van der Waals surface area (Å²) >= 11 is 5.87. The van der Waals surface area contributed by atoms with Gasteiger partial charge in [-0.15, -0.1) is 0 Å². The molecule has 7 nitrogen and oxygen atoms in total. The number of hydrogen-bond donors (Lipinski definition) is 2. The molecular formula is C17H16ClN3O4. The average Bonchev–Trinajstić information content (AvgIpc) is 2.62. The van der Waals surface area contributed by atoms with Gasteiger partial charge >= 0.3 is 11.8 Å². The molecule has 0 aliphatic carbocycles. The van der Waals surface area contributed by atoms with E-state index in [-0.39, 0.29) is 5.69 Å². The first-order valence-electron chi connectivity index (χ1n) is 7.16. The summed E-state index contributed by atoms with van der Waals surface area (Å²) in [5, 5.41) is 6.56. The standard InChI is InChI=1S/C17H16ClN3O4/c1-24-14-6-4-3-5-11(14)10-19-21-17(23)16(22)20-13-9-12(18)7-8-15(13)25-2/h3-10H,1-2H3,(H,20,22)(H,21,23)/b19-10-. The van der Waals surface area contributed by atoms with E-state index in [0.717, 1.165) is 0 Å². The number of nitrogens with one attached hydrogen (secondary N) is 2. The first-order chi connectivity index (χ1) is 12.0. The van der Waals surface area contributed by atoms with Crippen molar-refractivity contribution >= 4 is 35.3 Å². The second-order valence-electron chi connectivity index (χ2n) is 4.74. The average molecular weight is 362 g/mol. The van der Waals surface area contributed by atoms with E-state index in [1.807, 2.05) is 0 Å². The van der Waals surface area contributed by atoms with Gasteiger partial charge in [0, 0.05) is 10.6 Å². The van der Waals surface area contributed by atoms with Crippen LogP contribution in [0.4, 0.5) is 5.69 Å². The molecule has 0 heterocycles. The van der Waals surface area contributed by atoms with Crippen molar-refractivity contribution in [2.45, 2.75) is 0 Å². The van der Waals surface area contributed by atoms with E-state index in [2.05, 4.69) is 15.8 Å². The number of anilines is 1. The monoisotopic (exact) mass is 361 g/mol. The fourth-order valence-corrected chi connectivity index (χ4v) is 2.11. The van der Waals surface area contributed by atoms with Crippen molar-refractivity contribution in [3.05, 3.63) is 53.1 Å². The van der Waals surface area contributed by atoms with Gasteiger partial charge in [-0.1, -0.05) is 23.7 Å². The van der Waals surface area contributed by atoms with Gasteiger partial charge in [-0.2, -0.15) is 5.10 Å². The number of carbonyl (C=O) groups is 2. The van der Waals surface area contributed by atoms with Crippen molar-refractivity contribution in [1.82, 2.24) is 5.43 Å². The Bertz CT molecular complexity index is 808. The van der Waals surface area contributed by atoms with Crippen LogP contribution in [-0.4, -0.2) is 32.2 Å². The van der Waals surface area contributed by atoms with E-state index in [0.29, 0.717) is 22.1 Å². The van der Waals surface area contributed by atoms with Crippen LogP contribution >= 0.6 is 11.6 Å². The van der Waals surface area contributed by atoms with E-state index in [4.69, 9.17) is 21.1 Å². The summed E-state index contributed by atoms with van der Waals surface area (Å²) in [6, 6.07) is 11.8. The summed E-state index contributed by atoms with van der Waals surface area (Å²) in [4.78, 5) is 23.8. The predicted octanol–water partition coefficient (Wildman–Crippen LogP) is 2.45. The number of hydrogen-bond acceptors (Lipinski definition) is 5. The van der Waals surface area contributed by atoms with Gasteiger partial charge in [0.1, 0.15) is 11.5 Å². The van der Waals surface area contributed by atoms with E-state index < -0.39 is 11.8 Å². The lowest BCUT2D eigenvalue weighted by molar-refractivity contribution is -0.136. The first kappa shape index (κ1) is 18.3. The lowest BCUT2D eigenvalue weighted by atomic mass is 10.2. The third kappa shape index (κ3) is 4.95. The quantitative estimate of drug-likeness (QED) is 0.486. The smallest absolute Gasteiger partial charge is 0.329 e. The molecule has 0 unspecified atom stereocenters. The lowest BCUT2D eigenvalue weighted by Gasteiger charge is -2.09. The van der Waals surface area contributed by atoms with Crippen molar-refractivity contribution in [3.63, 3.8) is 0 Å². The Morgan fingerprint density at radius 2 is 1.76 bits per heavy atom. The molecule has 0 radical (unpaired) electrons.